The number of halogens is 1. The maximum atomic E-state index is 12.7. The van der Waals surface area contributed by atoms with Crippen LogP contribution < -0.4 is 5.32 Å². The number of carbonyl (C=O) groups is 2. The summed E-state index contributed by atoms with van der Waals surface area (Å²) in [5, 5.41) is 3.43. The number of ether oxygens (including phenoxy) is 1. The molecule has 2 fully saturated rings. The monoisotopic (exact) mass is 456 g/mol. The summed E-state index contributed by atoms with van der Waals surface area (Å²) < 4.78 is 32.2. The summed E-state index contributed by atoms with van der Waals surface area (Å²) in [4.78, 5) is 25.0. The second kappa shape index (κ2) is 10.1. The predicted octanol–water partition coefficient (Wildman–Crippen LogP) is 3.12. The number of sulfonamides is 1. The molecule has 1 heterocycles. The Morgan fingerprint density at radius 3 is 2.27 bits per heavy atom. The van der Waals surface area contributed by atoms with Crippen molar-refractivity contribution in [1.82, 2.24) is 9.62 Å². The molecular formula is C21H29ClN2O5S. The van der Waals surface area contributed by atoms with Crippen molar-refractivity contribution in [2.75, 3.05) is 13.1 Å². The van der Waals surface area contributed by atoms with E-state index in [9.17, 15) is 18.0 Å². The number of hydrogen-bond donors (Lipinski definition) is 1. The summed E-state index contributed by atoms with van der Waals surface area (Å²) in [6.07, 6.45) is 5.22. The molecule has 3 rings (SSSR count). The minimum atomic E-state index is -3.62. The van der Waals surface area contributed by atoms with E-state index >= 15 is 0 Å². The summed E-state index contributed by atoms with van der Waals surface area (Å²) in [5.74, 6) is -1.12. The van der Waals surface area contributed by atoms with Crippen LogP contribution in [-0.2, 0) is 24.3 Å². The first-order valence-corrected chi connectivity index (χ1v) is 12.4. The van der Waals surface area contributed by atoms with E-state index < -0.39 is 28.0 Å². The lowest BCUT2D eigenvalue weighted by molar-refractivity contribution is -0.160. The zero-order chi connectivity index (χ0) is 21.7. The number of nitrogens with one attached hydrogen (secondary N) is 1. The van der Waals surface area contributed by atoms with E-state index in [0.717, 1.165) is 25.7 Å². The van der Waals surface area contributed by atoms with Crippen molar-refractivity contribution in [2.24, 2.45) is 5.92 Å². The lowest BCUT2D eigenvalue weighted by Gasteiger charge is -2.31. The van der Waals surface area contributed by atoms with Gasteiger partial charge >= 0.3 is 5.97 Å². The van der Waals surface area contributed by atoms with Crippen molar-refractivity contribution in [3.63, 3.8) is 0 Å². The van der Waals surface area contributed by atoms with Gasteiger partial charge in [0.05, 0.1) is 10.8 Å². The number of piperidine rings is 1. The second-order valence-electron chi connectivity index (χ2n) is 8.05. The van der Waals surface area contributed by atoms with Gasteiger partial charge in [-0.05, 0) is 56.9 Å². The molecule has 1 aliphatic heterocycles. The van der Waals surface area contributed by atoms with Crippen LogP contribution in [0.1, 0.15) is 51.9 Å². The summed E-state index contributed by atoms with van der Waals surface area (Å²) in [6, 6.07) is 6.19. The van der Waals surface area contributed by atoms with E-state index in [4.69, 9.17) is 16.3 Å². The molecule has 1 atom stereocenters. The van der Waals surface area contributed by atoms with Gasteiger partial charge in [-0.2, -0.15) is 4.31 Å². The molecule has 1 aromatic carbocycles. The number of benzene rings is 1. The van der Waals surface area contributed by atoms with Crippen molar-refractivity contribution in [3.8, 4) is 0 Å². The predicted molar refractivity (Wildman–Crippen MR) is 114 cm³/mol. The van der Waals surface area contributed by atoms with Gasteiger partial charge in [0, 0.05) is 24.2 Å². The lowest BCUT2D eigenvalue weighted by Crippen LogP contribution is -2.44. The molecule has 9 heteroatoms. The van der Waals surface area contributed by atoms with Crippen LogP contribution in [0.4, 0.5) is 0 Å². The zero-order valence-electron chi connectivity index (χ0n) is 17.2. The van der Waals surface area contributed by atoms with Gasteiger partial charge in [-0.25, -0.2) is 8.42 Å². The van der Waals surface area contributed by atoms with E-state index in [-0.39, 0.29) is 29.9 Å². The summed E-state index contributed by atoms with van der Waals surface area (Å²) in [6.45, 7) is 2.04. The highest BCUT2D eigenvalue weighted by Gasteiger charge is 2.34. The van der Waals surface area contributed by atoms with Crippen molar-refractivity contribution >= 4 is 33.5 Å². The largest absolute Gasteiger partial charge is 0.452 e. The van der Waals surface area contributed by atoms with Crippen LogP contribution in [0, 0.1) is 5.92 Å². The van der Waals surface area contributed by atoms with Crippen LogP contribution in [-0.4, -0.2) is 49.8 Å². The molecule has 2 aliphatic rings. The van der Waals surface area contributed by atoms with E-state index in [1.54, 1.807) is 6.92 Å². The highest BCUT2D eigenvalue weighted by Crippen LogP contribution is 2.26. The molecule has 0 spiro atoms. The Bertz CT molecular complexity index is 845. The minimum absolute atomic E-state index is 0.161. The molecule has 1 saturated carbocycles. The molecule has 7 nitrogen and oxygen atoms in total. The number of carbonyl (C=O) groups excluding carboxylic acids is 2. The fraction of sp³-hybridized carbons (Fsp3) is 0.619. The standard InChI is InChI=1S/C21H29ClN2O5S/c1-15(20(25)23-18-5-3-2-4-6-18)29-21(26)16-11-13-24(14-12-16)30(27,28)19-9-7-17(22)8-10-19/h7-10,15-16,18H,2-6,11-14H2,1H3,(H,23,25). The Kier molecular flexibility index (Phi) is 7.76. The van der Waals surface area contributed by atoms with E-state index in [0.29, 0.717) is 17.9 Å². The molecule has 1 aromatic rings. The fourth-order valence-corrected chi connectivity index (χ4v) is 5.57. The summed E-state index contributed by atoms with van der Waals surface area (Å²) in [5.41, 5.74) is 0. The molecule has 0 aromatic heterocycles. The van der Waals surface area contributed by atoms with Gasteiger partial charge in [0.25, 0.3) is 5.91 Å². The maximum Gasteiger partial charge on any atom is 0.309 e. The SMILES string of the molecule is CC(OC(=O)C1CCN(S(=O)(=O)c2ccc(Cl)cc2)CC1)C(=O)NC1CCCCC1. The van der Waals surface area contributed by atoms with Gasteiger partial charge in [-0.3, -0.25) is 9.59 Å². The number of hydrogen-bond acceptors (Lipinski definition) is 5. The molecular weight excluding hydrogens is 428 g/mol. The fourth-order valence-electron chi connectivity index (χ4n) is 3.98. The molecule has 1 N–H and O–H groups in total. The first-order chi connectivity index (χ1) is 14.3. The van der Waals surface area contributed by atoms with Crippen molar-refractivity contribution in [1.29, 1.82) is 0 Å². The molecule has 0 radical (unpaired) electrons. The first kappa shape index (κ1) is 23.0. The Hall–Kier alpha value is -1.64. The molecule has 1 amide bonds. The number of nitrogens with zero attached hydrogens (tertiary/aromatic N) is 1. The molecule has 0 bridgehead atoms. The molecule has 1 saturated heterocycles. The Balaban J connectivity index is 1.48. The van der Waals surface area contributed by atoms with E-state index in [1.165, 1.54) is 35.0 Å². The first-order valence-electron chi connectivity index (χ1n) is 10.5. The normalized spacial score (nSPS) is 20.5. The maximum absolute atomic E-state index is 12.7. The van der Waals surface area contributed by atoms with Crippen molar-refractivity contribution in [3.05, 3.63) is 29.3 Å². The third-order valence-electron chi connectivity index (χ3n) is 5.85. The zero-order valence-corrected chi connectivity index (χ0v) is 18.8. The molecule has 1 unspecified atom stereocenters. The van der Waals surface area contributed by atoms with Gasteiger partial charge in [0.1, 0.15) is 0 Å². The summed E-state index contributed by atoms with van der Waals surface area (Å²) in [7, 11) is -3.62. The van der Waals surface area contributed by atoms with Crippen LogP contribution in [0.15, 0.2) is 29.2 Å². The second-order valence-corrected chi connectivity index (χ2v) is 10.4. The quantitative estimate of drug-likeness (QED) is 0.664. The van der Waals surface area contributed by atoms with Gasteiger partial charge < -0.3 is 10.1 Å². The lowest BCUT2D eigenvalue weighted by atomic mass is 9.95. The molecule has 166 valence electrons. The minimum Gasteiger partial charge on any atom is -0.452 e. The van der Waals surface area contributed by atoms with Gasteiger partial charge in [-0.15, -0.1) is 0 Å². The average Bonchev–Trinajstić information content (AvgIpc) is 2.74. The van der Waals surface area contributed by atoms with Crippen LogP contribution in [0.3, 0.4) is 0 Å². The van der Waals surface area contributed by atoms with Crippen LogP contribution in [0.25, 0.3) is 0 Å². The summed E-state index contributed by atoms with van der Waals surface area (Å²) >= 11 is 5.83. The van der Waals surface area contributed by atoms with Crippen LogP contribution >= 0.6 is 11.6 Å². The number of esters is 1. The van der Waals surface area contributed by atoms with E-state index in [1.807, 2.05) is 0 Å². The smallest absolute Gasteiger partial charge is 0.309 e. The van der Waals surface area contributed by atoms with Gasteiger partial charge in [0.2, 0.25) is 10.0 Å². The van der Waals surface area contributed by atoms with E-state index in [2.05, 4.69) is 5.32 Å². The number of rotatable bonds is 6. The Morgan fingerprint density at radius 2 is 1.67 bits per heavy atom. The van der Waals surface area contributed by atoms with Crippen LogP contribution in [0.5, 0.6) is 0 Å². The van der Waals surface area contributed by atoms with Crippen LogP contribution in [0.2, 0.25) is 5.02 Å². The highest BCUT2D eigenvalue weighted by molar-refractivity contribution is 7.89. The molecule has 30 heavy (non-hydrogen) atoms. The van der Waals surface area contributed by atoms with Crippen molar-refractivity contribution < 1.29 is 22.7 Å². The van der Waals surface area contributed by atoms with Crippen molar-refractivity contribution in [2.45, 2.75) is 68.9 Å². The third-order valence-corrected chi connectivity index (χ3v) is 8.02. The Morgan fingerprint density at radius 1 is 1.07 bits per heavy atom. The number of amides is 1. The third kappa shape index (κ3) is 5.74. The highest BCUT2D eigenvalue weighted by atomic mass is 35.5. The topological polar surface area (TPSA) is 92.8 Å². The Labute approximate surface area is 183 Å². The van der Waals surface area contributed by atoms with Gasteiger partial charge in [0.15, 0.2) is 6.10 Å². The van der Waals surface area contributed by atoms with Gasteiger partial charge in [-0.1, -0.05) is 30.9 Å². The average molecular weight is 457 g/mol. The molecule has 1 aliphatic carbocycles.